The minimum atomic E-state index is -0.812. The number of nitrogens with zero attached hydrogens (tertiary/aromatic N) is 1. The highest BCUT2D eigenvalue weighted by molar-refractivity contribution is 5.70. The van der Waals surface area contributed by atoms with E-state index in [1.165, 1.54) is 0 Å². The van der Waals surface area contributed by atoms with E-state index in [1.54, 1.807) is 12.4 Å². The summed E-state index contributed by atoms with van der Waals surface area (Å²) in [6.45, 7) is 4.22. The molecule has 0 unspecified atom stereocenters. The van der Waals surface area contributed by atoms with Crippen molar-refractivity contribution in [2.24, 2.45) is 0 Å². The first-order valence-corrected chi connectivity index (χ1v) is 4.79. The molecule has 0 radical (unpaired) electrons. The quantitative estimate of drug-likeness (QED) is 0.797. The van der Waals surface area contributed by atoms with E-state index in [0.717, 1.165) is 17.5 Å². The van der Waals surface area contributed by atoms with Gasteiger partial charge in [0, 0.05) is 12.4 Å². The first-order chi connectivity index (χ1) is 6.63. The van der Waals surface area contributed by atoms with Crippen molar-refractivity contribution in [3.63, 3.8) is 0 Å². The third-order valence-corrected chi connectivity index (χ3v) is 2.35. The standard InChI is InChI=1S/C11H15NO2/c1-3-8(2)10-4-9(5-11(13)14)6-12-7-10/h4,6-8H,3,5H2,1-2H3,(H,13,14)/t8-/m1/s1. The first-order valence-electron chi connectivity index (χ1n) is 4.79. The van der Waals surface area contributed by atoms with Gasteiger partial charge < -0.3 is 5.11 Å². The Bertz CT molecular complexity index is 323. The van der Waals surface area contributed by atoms with E-state index in [4.69, 9.17) is 5.11 Å². The summed E-state index contributed by atoms with van der Waals surface area (Å²) in [7, 11) is 0. The zero-order chi connectivity index (χ0) is 10.6. The van der Waals surface area contributed by atoms with Crippen LogP contribution in [0.2, 0.25) is 0 Å². The van der Waals surface area contributed by atoms with E-state index in [2.05, 4.69) is 18.8 Å². The minimum absolute atomic E-state index is 0.0529. The van der Waals surface area contributed by atoms with Gasteiger partial charge >= 0.3 is 5.97 Å². The molecule has 1 heterocycles. The Morgan fingerprint density at radius 3 is 2.86 bits per heavy atom. The van der Waals surface area contributed by atoms with Gasteiger partial charge in [-0.15, -0.1) is 0 Å². The molecule has 0 aliphatic heterocycles. The number of carboxylic acids is 1. The Labute approximate surface area is 83.8 Å². The molecule has 0 aromatic carbocycles. The summed E-state index contributed by atoms with van der Waals surface area (Å²) in [5, 5.41) is 8.63. The lowest BCUT2D eigenvalue weighted by Crippen LogP contribution is -2.02. The van der Waals surface area contributed by atoms with Gasteiger partial charge in [-0.25, -0.2) is 0 Å². The highest BCUT2D eigenvalue weighted by Gasteiger charge is 2.06. The number of aromatic nitrogens is 1. The molecule has 0 aliphatic carbocycles. The summed E-state index contributed by atoms with van der Waals surface area (Å²) >= 11 is 0. The third kappa shape index (κ3) is 2.83. The average Bonchev–Trinajstić information content (AvgIpc) is 2.16. The van der Waals surface area contributed by atoms with Gasteiger partial charge in [-0.3, -0.25) is 9.78 Å². The zero-order valence-electron chi connectivity index (χ0n) is 8.53. The molecule has 1 N–H and O–H groups in total. The van der Waals surface area contributed by atoms with Crippen molar-refractivity contribution in [3.05, 3.63) is 29.6 Å². The Morgan fingerprint density at radius 1 is 1.57 bits per heavy atom. The van der Waals surface area contributed by atoms with E-state index in [9.17, 15) is 4.79 Å². The monoisotopic (exact) mass is 193 g/mol. The van der Waals surface area contributed by atoms with Gasteiger partial charge in [0.05, 0.1) is 6.42 Å². The van der Waals surface area contributed by atoms with Gasteiger partial charge in [0.1, 0.15) is 0 Å². The Hall–Kier alpha value is -1.38. The molecular weight excluding hydrogens is 178 g/mol. The van der Waals surface area contributed by atoms with E-state index in [1.807, 2.05) is 6.07 Å². The number of hydrogen-bond donors (Lipinski definition) is 1. The van der Waals surface area contributed by atoms with Crippen molar-refractivity contribution in [1.82, 2.24) is 4.98 Å². The third-order valence-electron chi connectivity index (χ3n) is 2.35. The number of rotatable bonds is 4. The van der Waals surface area contributed by atoms with Crippen LogP contribution in [0.15, 0.2) is 18.5 Å². The van der Waals surface area contributed by atoms with Crippen molar-refractivity contribution in [2.45, 2.75) is 32.6 Å². The normalized spacial score (nSPS) is 12.4. The van der Waals surface area contributed by atoms with Crippen LogP contribution >= 0.6 is 0 Å². The lowest BCUT2D eigenvalue weighted by atomic mass is 9.99. The van der Waals surface area contributed by atoms with Crippen LogP contribution in [0.3, 0.4) is 0 Å². The molecule has 3 nitrogen and oxygen atoms in total. The van der Waals surface area contributed by atoms with Crippen molar-refractivity contribution in [3.8, 4) is 0 Å². The van der Waals surface area contributed by atoms with Gasteiger partial charge in [-0.2, -0.15) is 0 Å². The average molecular weight is 193 g/mol. The maximum atomic E-state index is 10.5. The van der Waals surface area contributed by atoms with Gasteiger partial charge in [-0.05, 0) is 23.5 Å². The molecule has 1 atom stereocenters. The number of carboxylic acid groups (broad SMARTS) is 1. The first kappa shape index (κ1) is 10.7. The van der Waals surface area contributed by atoms with E-state index in [0.29, 0.717) is 5.92 Å². The maximum absolute atomic E-state index is 10.5. The predicted molar refractivity (Wildman–Crippen MR) is 54.3 cm³/mol. The van der Waals surface area contributed by atoms with Crippen LogP contribution in [0.25, 0.3) is 0 Å². The molecule has 0 bridgehead atoms. The lowest BCUT2D eigenvalue weighted by Gasteiger charge is -2.08. The summed E-state index contributed by atoms with van der Waals surface area (Å²) < 4.78 is 0. The molecule has 0 spiro atoms. The molecule has 76 valence electrons. The van der Waals surface area contributed by atoms with Crippen molar-refractivity contribution in [2.75, 3.05) is 0 Å². The maximum Gasteiger partial charge on any atom is 0.307 e. The summed E-state index contributed by atoms with van der Waals surface area (Å²) in [4.78, 5) is 14.5. The number of pyridine rings is 1. The lowest BCUT2D eigenvalue weighted by molar-refractivity contribution is -0.136. The fraction of sp³-hybridized carbons (Fsp3) is 0.455. The van der Waals surface area contributed by atoms with Crippen LogP contribution in [0, 0.1) is 0 Å². The smallest absolute Gasteiger partial charge is 0.307 e. The fourth-order valence-electron chi connectivity index (χ4n) is 1.28. The predicted octanol–water partition coefficient (Wildman–Crippen LogP) is 2.22. The van der Waals surface area contributed by atoms with Crippen LogP contribution < -0.4 is 0 Å². The molecule has 14 heavy (non-hydrogen) atoms. The highest BCUT2D eigenvalue weighted by atomic mass is 16.4. The molecule has 0 amide bonds. The largest absolute Gasteiger partial charge is 0.481 e. The summed E-state index contributed by atoms with van der Waals surface area (Å²) in [5.41, 5.74) is 1.89. The van der Waals surface area contributed by atoms with Gasteiger partial charge in [0.15, 0.2) is 0 Å². The Balaban J connectivity index is 2.83. The molecule has 1 rings (SSSR count). The van der Waals surface area contributed by atoms with E-state index in [-0.39, 0.29) is 6.42 Å². The SMILES string of the molecule is CC[C@@H](C)c1cncc(CC(=O)O)c1. The fourth-order valence-corrected chi connectivity index (χ4v) is 1.28. The molecular formula is C11H15NO2. The second-order valence-electron chi connectivity index (χ2n) is 3.51. The Kier molecular flexibility index (Phi) is 3.63. The van der Waals surface area contributed by atoms with Gasteiger partial charge in [0.2, 0.25) is 0 Å². The van der Waals surface area contributed by atoms with Crippen molar-refractivity contribution in [1.29, 1.82) is 0 Å². The summed E-state index contributed by atoms with van der Waals surface area (Å²) in [5.74, 6) is -0.371. The Morgan fingerprint density at radius 2 is 2.29 bits per heavy atom. The van der Waals surface area contributed by atoms with Crippen LogP contribution in [0.4, 0.5) is 0 Å². The van der Waals surface area contributed by atoms with E-state index < -0.39 is 5.97 Å². The zero-order valence-corrected chi connectivity index (χ0v) is 8.53. The number of aliphatic carboxylic acids is 1. The molecule has 0 fully saturated rings. The minimum Gasteiger partial charge on any atom is -0.481 e. The molecule has 1 aromatic rings. The molecule has 0 saturated carbocycles. The van der Waals surface area contributed by atoms with Gasteiger partial charge in [0.25, 0.3) is 0 Å². The van der Waals surface area contributed by atoms with E-state index >= 15 is 0 Å². The van der Waals surface area contributed by atoms with Crippen LogP contribution in [0.1, 0.15) is 37.3 Å². The van der Waals surface area contributed by atoms with Crippen molar-refractivity contribution < 1.29 is 9.90 Å². The highest BCUT2D eigenvalue weighted by Crippen LogP contribution is 2.18. The van der Waals surface area contributed by atoms with Crippen LogP contribution in [0.5, 0.6) is 0 Å². The van der Waals surface area contributed by atoms with Crippen LogP contribution in [-0.4, -0.2) is 16.1 Å². The van der Waals surface area contributed by atoms with Crippen LogP contribution in [-0.2, 0) is 11.2 Å². The molecule has 0 aliphatic rings. The molecule has 1 aromatic heterocycles. The summed E-state index contributed by atoms with van der Waals surface area (Å²) in [6.07, 6.45) is 4.51. The second-order valence-corrected chi connectivity index (χ2v) is 3.51. The molecule has 0 saturated heterocycles. The number of carbonyl (C=O) groups is 1. The topological polar surface area (TPSA) is 50.2 Å². The van der Waals surface area contributed by atoms with Gasteiger partial charge in [-0.1, -0.05) is 19.9 Å². The second kappa shape index (κ2) is 4.74. The van der Waals surface area contributed by atoms with Crippen molar-refractivity contribution >= 4 is 5.97 Å². The summed E-state index contributed by atoms with van der Waals surface area (Å²) in [6, 6.07) is 1.93. The molecule has 3 heteroatoms. The number of hydrogen-bond acceptors (Lipinski definition) is 2.